The summed E-state index contributed by atoms with van der Waals surface area (Å²) >= 11 is 0. The lowest BCUT2D eigenvalue weighted by atomic mass is 9.97. The molecule has 0 spiro atoms. The number of hydrogen-bond acceptors (Lipinski definition) is 3. The van der Waals surface area contributed by atoms with Gasteiger partial charge in [-0.1, -0.05) is 0 Å². The third kappa shape index (κ3) is 3.70. The predicted octanol–water partition coefficient (Wildman–Crippen LogP) is 3.44. The van der Waals surface area contributed by atoms with Crippen LogP contribution in [0, 0.1) is 5.82 Å². The molecular weight excluding hydrogens is 257 g/mol. The van der Waals surface area contributed by atoms with E-state index in [-0.39, 0.29) is 24.1 Å². The van der Waals surface area contributed by atoms with Gasteiger partial charge in [0.05, 0.1) is 19.3 Å². The molecule has 0 aromatic heterocycles. The lowest BCUT2D eigenvalue weighted by Crippen LogP contribution is -2.42. The summed E-state index contributed by atoms with van der Waals surface area (Å²) in [5.41, 5.74) is 0.860. The standard InChI is InChI=1S/C16H24FNO2/c1-10-7-14(8-11(2)20-10)18-12(3)15-9-13(17)5-6-16(15)19-4/h5-6,9-12,14,18H,7-8H2,1-4H3. The van der Waals surface area contributed by atoms with Gasteiger partial charge in [-0.3, -0.25) is 0 Å². The van der Waals surface area contributed by atoms with E-state index in [2.05, 4.69) is 19.2 Å². The molecule has 1 fully saturated rings. The van der Waals surface area contributed by atoms with Gasteiger partial charge < -0.3 is 14.8 Å². The molecule has 1 heterocycles. The normalized spacial score (nSPS) is 28.1. The second-order valence-corrected chi connectivity index (χ2v) is 5.70. The van der Waals surface area contributed by atoms with Crippen LogP contribution in [0.5, 0.6) is 5.75 Å². The van der Waals surface area contributed by atoms with E-state index in [1.807, 2.05) is 6.92 Å². The molecule has 4 heteroatoms. The monoisotopic (exact) mass is 281 g/mol. The summed E-state index contributed by atoms with van der Waals surface area (Å²) in [7, 11) is 1.61. The van der Waals surface area contributed by atoms with Crippen molar-refractivity contribution < 1.29 is 13.9 Å². The Kier molecular flexibility index (Phi) is 5.00. The highest BCUT2D eigenvalue weighted by Gasteiger charge is 2.26. The van der Waals surface area contributed by atoms with Crippen molar-refractivity contribution in [2.24, 2.45) is 0 Å². The fraction of sp³-hybridized carbons (Fsp3) is 0.625. The smallest absolute Gasteiger partial charge is 0.123 e. The summed E-state index contributed by atoms with van der Waals surface area (Å²) in [5, 5.41) is 3.57. The van der Waals surface area contributed by atoms with Gasteiger partial charge in [-0.05, 0) is 51.8 Å². The number of hydrogen-bond donors (Lipinski definition) is 1. The summed E-state index contributed by atoms with van der Waals surface area (Å²) < 4.78 is 24.5. The first-order valence-corrected chi connectivity index (χ1v) is 7.24. The first-order chi connectivity index (χ1) is 9.49. The van der Waals surface area contributed by atoms with Crippen molar-refractivity contribution in [3.63, 3.8) is 0 Å². The highest BCUT2D eigenvalue weighted by molar-refractivity contribution is 5.36. The molecule has 112 valence electrons. The van der Waals surface area contributed by atoms with Crippen molar-refractivity contribution >= 4 is 0 Å². The lowest BCUT2D eigenvalue weighted by Gasteiger charge is -2.34. The van der Waals surface area contributed by atoms with Crippen LogP contribution < -0.4 is 10.1 Å². The van der Waals surface area contributed by atoms with E-state index in [0.29, 0.717) is 6.04 Å². The molecule has 3 unspecified atom stereocenters. The molecule has 1 aliphatic rings. The van der Waals surface area contributed by atoms with Crippen molar-refractivity contribution in [3.8, 4) is 5.75 Å². The Labute approximate surface area is 120 Å². The molecule has 20 heavy (non-hydrogen) atoms. The zero-order valence-electron chi connectivity index (χ0n) is 12.7. The summed E-state index contributed by atoms with van der Waals surface area (Å²) in [6, 6.07) is 5.08. The first kappa shape index (κ1) is 15.3. The highest BCUT2D eigenvalue weighted by atomic mass is 19.1. The second kappa shape index (κ2) is 6.55. The molecule has 0 aliphatic carbocycles. The van der Waals surface area contributed by atoms with E-state index in [1.165, 1.54) is 6.07 Å². The van der Waals surface area contributed by atoms with Crippen LogP contribution in [-0.4, -0.2) is 25.4 Å². The lowest BCUT2D eigenvalue weighted by molar-refractivity contribution is -0.0433. The van der Waals surface area contributed by atoms with Crippen LogP contribution >= 0.6 is 0 Å². The van der Waals surface area contributed by atoms with Gasteiger partial charge in [0.15, 0.2) is 0 Å². The van der Waals surface area contributed by atoms with Crippen molar-refractivity contribution in [1.82, 2.24) is 5.32 Å². The van der Waals surface area contributed by atoms with Crippen molar-refractivity contribution in [2.75, 3.05) is 7.11 Å². The minimum Gasteiger partial charge on any atom is -0.496 e. The Balaban J connectivity index is 2.07. The van der Waals surface area contributed by atoms with Crippen LogP contribution in [0.1, 0.15) is 45.2 Å². The summed E-state index contributed by atoms with van der Waals surface area (Å²) in [6.45, 7) is 6.23. The molecule has 1 saturated heterocycles. The number of methoxy groups -OCH3 is 1. The Morgan fingerprint density at radius 2 is 1.95 bits per heavy atom. The van der Waals surface area contributed by atoms with Crippen molar-refractivity contribution in [2.45, 2.75) is 57.9 Å². The van der Waals surface area contributed by atoms with Crippen LogP contribution in [-0.2, 0) is 4.74 Å². The largest absolute Gasteiger partial charge is 0.496 e. The molecule has 0 bridgehead atoms. The third-order valence-corrected chi connectivity index (χ3v) is 3.84. The van der Waals surface area contributed by atoms with E-state index < -0.39 is 0 Å². The van der Waals surface area contributed by atoms with Crippen molar-refractivity contribution in [1.29, 1.82) is 0 Å². The number of benzene rings is 1. The summed E-state index contributed by atoms with van der Waals surface area (Å²) in [6.07, 6.45) is 2.48. The van der Waals surface area contributed by atoms with Crippen LogP contribution in [0.2, 0.25) is 0 Å². The van der Waals surface area contributed by atoms with E-state index in [0.717, 1.165) is 24.2 Å². The molecule has 2 rings (SSSR count). The molecule has 1 N–H and O–H groups in total. The summed E-state index contributed by atoms with van der Waals surface area (Å²) in [5.74, 6) is 0.489. The predicted molar refractivity (Wildman–Crippen MR) is 77.5 cm³/mol. The van der Waals surface area contributed by atoms with E-state index >= 15 is 0 Å². The minimum atomic E-state index is -0.233. The van der Waals surface area contributed by atoms with Gasteiger partial charge in [-0.25, -0.2) is 4.39 Å². The Morgan fingerprint density at radius 1 is 1.30 bits per heavy atom. The van der Waals surface area contributed by atoms with Gasteiger partial charge in [-0.2, -0.15) is 0 Å². The Morgan fingerprint density at radius 3 is 2.55 bits per heavy atom. The van der Waals surface area contributed by atoms with Crippen LogP contribution in [0.25, 0.3) is 0 Å². The topological polar surface area (TPSA) is 30.5 Å². The number of nitrogens with one attached hydrogen (secondary N) is 1. The first-order valence-electron chi connectivity index (χ1n) is 7.24. The maximum Gasteiger partial charge on any atom is 0.123 e. The molecule has 1 aliphatic heterocycles. The van der Waals surface area contributed by atoms with Gasteiger partial charge in [-0.15, -0.1) is 0 Å². The van der Waals surface area contributed by atoms with Crippen LogP contribution in [0.15, 0.2) is 18.2 Å². The Bertz CT molecular complexity index is 442. The van der Waals surface area contributed by atoms with E-state index in [4.69, 9.17) is 9.47 Å². The average molecular weight is 281 g/mol. The Hall–Kier alpha value is -1.13. The van der Waals surface area contributed by atoms with Crippen LogP contribution in [0.4, 0.5) is 4.39 Å². The molecular formula is C16H24FNO2. The maximum atomic E-state index is 13.4. The van der Waals surface area contributed by atoms with Gasteiger partial charge >= 0.3 is 0 Å². The SMILES string of the molecule is COc1ccc(F)cc1C(C)NC1CC(C)OC(C)C1. The molecule has 1 aromatic carbocycles. The molecule has 3 atom stereocenters. The van der Waals surface area contributed by atoms with Gasteiger partial charge in [0, 0.05) is 17.6 Å². The molecule has 0 saturated carbocycles. The van der Waals surface area contributed by atoms with Gasteiger partial charge in [0.1, 0.15) is 11.6 Å². The number of ether oxygens (including phenoxy) is 2. The number of halogens is 1. The van der Waals surface area contributed by atoms with Crippen LogP contribution in [0.3, 0.4) is 0 Å². The molecule has 0 radical (unpaired) electrons. The molecule has 1 aromatic rings. The fourth-order valence-electron chi connectivity index (χ4n) is 3.03. The quantitative estimate of drug-likeness (QED) is 0.917. The highest BCUT2D eigenvalue weighted by Crippen LogP contribution is 2.28. The van der Waals surface area contributed by atoms with Crippen molar-refractivity contribution in [3.05, 3.63) is 29.6 Å². The molecule has 0 amide bonds. The third-order valence-electron chi connectivity index (χ3n) is 3.84. The second-order valence-electron chi connectivity index (χ2n) is 5.70. The molecule has 3 nitrogen and oxygen atoms in total. The van der Waals surface area contributed by atoms with Gasteiger partial charge in [0.2, 0.25) is 0 Å². The number of rotatable bonds is 4. The minimum absolute atomic E-state index is 0.0446. The van der Waals surface area contributed by atoms with E-state index in [9.17, 15) is 4.39 Å². The van der Waals surface area contributed by atoms with Gasteiger partial charge in [0.25, 0.3) is 0 Å². The van der Waals surface area contributed by atoms with E-state index in [1.54, 1.807) is 19.2 Å². The zero-order chi connectivity index (χ0) is 14.7. The summed E-state index contributed by atoms with van der Waals surface area (Å²) in [4.78, 5) is 0. The fourth-order valence-corrected chi connectivity index (χ4v) is 3.03. The zero-order valence-corrected chi connectivity index (χ0v) is 12.7. The average Bonchev–Trinajstić information content (AvgIpc) is 2.37. The maximum absolute atomic E-state index is 13.4.